The minimum absolute atomic E-state index is 0.649. The maximum absolute atomic E-state index is 10.6. The molecule has 0 aliphatic heterocycles. The Morgan fingerprint density at radius 3 is 2.69 bits per heavy atom. The molecule has 0 aliphatic carbocycles. The molecule has 2 aromatic rings. The zero-order valence-electron chi connectivity index (χ0n) is 7.37. The highest BCUT2D eigenvalue weighted by Gasteiger charge is 2.00. The number of carbonyl (C=O) groups excluding carboxylic acids is 1. The largest absolute Gasteiger partial charge is 0.285 e. The van der Waals surface area contributed by atoms with Gasteiger partial charge in [0.25, 0.3) is 0 Å². The van der Waals surface area contributed by atoms with Crippen LogP contribution in [0.4, 0.5) is 0 Å². The number of hydrogen-bond acceptors (Lipinski definition) is 1. The van der Waals surface area contributed by atoms with E-state index in [0.29, 0.717) is 5.56 Å². The van der Waals surface area contributed by atoms with Gasteiger partial charge >= 0.3 is 0 Å². The van der Waals surface area contributed by atoms with Crippen molar-refractivity contribution in [2.24, 2.45) is 0 Å². The Morgan fingerprint density at radius 2 is 1.92 bits per heavy atom. The van der Waals surface area contributed by atoms with E-state index in [4.69, 9.17) is 0 Å². The summed E-state index contributed by atoms with van der Waals surface area (Å²) < 4.78 is 0. The van der Waals surface area contributed by atoms with Gasteiger partial charge in [0.1, 0.15) is 0 Å². The van der Waals surface area contributed by atoms with Gasteiger partial charge in [0.05, 0.1) is 0 Å². The molecule has 0 aromatic heterocycles. The molecule has 1 radical (unpaired) electrons. The summed E-state index contributed by atoms with van der Waals surface area (Å²) in [5.74, 6) is 0. The molecule has 0 unspecified atom stereocenters. The molecule has 0 spiro atoms. The lowest BCUT2D eigenvalue weighted by Gasteiger charge is -2.01. The number of hydrogen-bond donors (Lipinski definition) is 0. The van der Waals surface area contributed by atoms with E-state index in [-0.39, 0.29) is 0 Å². The number of fused-ring (bicyclic) bond motifs is 1. The topological polar surface area (TPSA) is 17.1 Å². The van der Waals surface area contributed by atoms with Crippen LogP contribution in [0.2, 0.25) is 0 Å². The Hall–Kier alpha value is -1.63. The van der Waals surface area contributed by atoms with Gasteiger partial charge in [-0.3, -0.25) is 4.79 Å². The van der Waals surface area contributed by atoms with Gasteiger partial charge in [-0.2, -0.15) is 0 Å². The molecule has 13 heavy (non-hydrogen) atoms. The molecule has 2 rings (SSSR count). The van der Waals surface area contributed by atoms with Crippen LogP contribution in [0.25, 0.3) is 10.8 Å². The fourth-order valence-corrected chi connectivity index (χ4v) is 1.54. The van der Waals surface area contributed by atoms with Crippen LogP contribution >= 0.6 is 0 Å². The number of rotatable bonds is 1. The van der Waals surface area contributed by atoms with E-state index in [0.717, 1.165) is 16.3 Å². The lowest BCUT2D eigenvalue weighted by Crippen LogP contribution is -1.85. The first-order chi connectivity index (χ1) is 6.31. The monoisotopic (exact) mass is 169 g/mol. The van der Waals surface area contributed by atoms with Crippen molar-refractivity contribution in [2.75, 3.05) is 0 Å². The summed E-state index contributed by atoms with van der Waals surface area (Å²) in [5, 5.41) is 2.07. The average molecular weight is 169 g/mol. The number of benzene rings is 2. The summed E-state index contributed by atoms with van der Waals surface area (Å²) in [7, 11) is 0. The highest BCUT2D eigenvalue weighted by molar-refractivity contribution is 5.98. The second-order valence-electron chi connectivity index (χ2n) is 3.14. The molecule has 0 atom stereocenters. The van der Waals surface area contributed by atoms with Gasteiger partial charge in [-0.25, -0.2) is 0 Å². The van der Waals surface area contributed by atoms with E-state index in [1.54, 1.807) is 0 Å². The van der Waals surface area contributed by atoms with Crippen LogP contribution in [0, 0.1) is 6.92 Å². The third-order valence-corrected chi connectivity index (χ3v) is 2.12. The molecule has 2 aromatic carbocycles. The van der Waals surface area contributed by atoms with Gasteiger partial charge in [0.2, 0.25) is 6.29 Å². The fourth-order valence-electron chi connectivity index (χ4n) is 1.54. The summed E-state index contributed by atoms with van der Waals surface area (Å²) in [6, 6.07) is 11.8. The molecular formula is C12H9O. The van der Waals surface area contributed by atoms with Gasteiger partial charge in [0.15, 0.2) is 0 Å². The van der Waals surface area contributed by atoms with Crippen LogP contribution in [0.15, 0.2) is 36.4 Å². The first kappa shape index (κ1) is 7.99. The Morgan fingerprint density at radius 1 is 1.15 bits per heavy atom. The van der Waals surface area contributed by atoms with Crippen molar-refractivity contribution in [2.45, 2.75) is 6.92 Å². The van der Waals surface area contributed by atoms with E-state index in [1.165, 1.54) is 0 Å². The highest BCUT2D eigenvalue weighted by Crippen LogP contribution is 2.19. The molecule has 1 heteroatoms. The SMILES string of the molecule is Cc1cc([C]=O)c2ccccc2c1. The average Bonchev–Trinajstić information content (AvgIpc) is 2.16. The van der Waals surface area contributed by atoms with Crippen LogP contribution in [0.1, 0.15) is 11.1 Å². The van der Waals surface area contributed by atoms with Crippen LogP contribution in [-0.2, 0) is 4.79 Å². The molecule has 0 fully saturated rings. The van der Waals surface area contributed by atoms with Crippen LogP contribution in [-0.4, -0.2) is 6.29 Å². The lowest BCUT2D eigenvalue weighted by molar-refractivity contribution is 0.563. The van der Waals surface area contributed by atoms with Gasteiger partial charge in [-0.15, -0.1) is 0 Å². The van der Waals surface area contributed by atoms with E-state index >= 15 is 0 Å². The molecule has 63 valence electrons. The van der Waals surface area contributed by atoms with Crippen molar-refractivity contribution in [1.29, 1.82) is 0 Å². The van der Waals surface area contributed by atoms with Crippen molar-refractivity contribution in [1.82, 2.24) is 0 Å². The lowest BCUT2D eigenvalue weighted by atomic mass is 10.0. The summed E-state index contributed by atoms with van der Waals surface area (Å²) in [4.78, 5) is 10.6. The van der Waals surface area contributed by atoms with Gasteiger partial charge in [-0.1, -0.05) is 30.3 Å². The standard InChI is InChI=1S/C12H9O/c1-9-6-10-4-2-3-5-12(10)11(7-9)8-13/h2-7H,1H3. The molecular weight excluding hydrogens is 160 g/mol. The number of aryl methyl sites for hydroxylation is 1. The summed E-state index contributed by atoms with van der Waals surface area (Å²) >= 11 is 0. The molecule has 0 bridgehead atoms. The third kappa shape index (κ3) is 1.33. The maximum atomic E-state index is 10.6. The van der Waals surface area contributed by atoms with Crippen molar-refractivity contribution in [3.63, 3.8) is 0 Å². The first-order valence-electron chi connectivity index (χ1n) is 4.19. The Balaban J connectivity index is 2.89. The predicted octanol–water partition coefficient (Wildman–Crippen LogP) is 2.61. The molecule has 0 saturated heterocycles. The summed E-state index contributed by atoms with van der Waals surface area (Å²) in [5.41, 5.74) is 1.74. The van der Waals surface area contributed by atoms with Crippen LogP contribution in [0.5, 0.6) is 0 Å². The normalized spacial score (nSPS) is 10.2. The Labute approximate surface area is 77.0 Å². The van der Waals surface area contributed by atoms with Crippen molar-refractivity contribution in [3.05, 3.63) is 47.5 Å². The summed E-state index contributed by atoms with van der Waals surface area (Å²) in [6.45, 7) is 1.98. The highest BCUT2D eigenvalue weighted by atomic mass is 16.1. The van der Waals surface area contributed by atoms with E-state index in [2.05, 4.69) is 6.07 Å². The van der Waals surface area contributed by atoms with Crippen LogP contribution in [0.3, 0.4) is 0 Å². The molecule has 0 heterocycles. The molecule has 1 nitrogen and oxygen atoms in total. The minimum Gasteiger partial charge on any atom is -0.285 e. The van der Waals surface area contributed by atoms with Crippen molar-refractivity contribution < 1.29 is 4.79 Å². The zero-order valence-corrected chi connectivity index (χ0v) is 7.37. The molecule has 0 saturated carbocycles. The quantitative estimate of drug-likeness (QED) is 0.641. The van der Waals surface area contributed by atoms with Crippen molar-refractivity contribution in [3.8, 4) is 0 Å². The molecule has 0 aliphatic rings. The van der Waals surface area contributed by atoms with Gasteiger partial charge in [-0.05, 0) is 29.3 Å². The second kappa shape index (κ2) is 3.02. The predicted molar refractivity (Wildman–Crippen MR) is 53.5 cm³/mol. The van der Waals surface area contributed by atoms with Crippen molar-refractivity contribution >= 4 is 17.1 Å². The summed E-state index contributed by atoms with van der Waals surface area (Å²) in [6.07, 6.45) is 1.96. The van der Waals surface area contributed by atoms with Gasteiger partial charge in [0, 0.05) is 5.56 Å². The van der Waals surface area contributed by atoms with Gasteiger partial charge < -0.3 is 0 Å². The zero-order chi connectivity index (χ0) is 9.26. The minimum atomic E-state index is 0.649. The fraction of sp³-hybridized carbons (Fsp3) is 0.0833. The Kier molecular flexibility index (Phi) is 1.85. The van der Waals surface area contributed by atoms with E-state index < -0.39 is 0 Å². The smallest absolute Gasteiger partial charge is 0.234 e. The molecule has 0 amide bonds. The van der Waals surface area contributed by atoms with E-state index in [9.17, 15) is 4.79 Å². The molecule has 0 N–H and O–H groups in total. The maximum Gasteiger partial charge on any atom is 0.234 e. The Bertz CT molecular complexity index is 458. The first-order valence-corrected chi connectivity index (χ1v) is 4.19. The second-order valence-corrected chi connectivity index (χ2v) is 3.14. The third-order valence-electron chi connectivity index (χ3n) is 2.12. The van der Waals surface area contributed by atoms with E-state index in [1.807, 2.05) is 43.5 Å². The van der Waals surface area contributed by atoms with Crippen LogP contribution < -0.4 is 0 Å².